The zero-order valence-corrected chi connectivity index (χ0v) is 10.8. The Hall–Kier alpha value is -1.29. The second-order valence-corrected chi connectivity index (χ2v) is 5.51. The number of carbonyl (C=O) groups is 1. The molecule has 0 bridgehead atoms. The summed E-state index contributed by atoms with van der Waals surface area (Å²) in [6, 6.07) is 2.21. The summed E-state index contributed by atoms with van der Waals surface area (Å²) in [7, 11) is 0. The first-order valence-corrected chi connectivity index (χ1v) is 6.80. The van der Waals surface area contributed by atoms with Crippen molar-refractivity contribution < 1.29 is 4.79 Å². The van der Waals surface area contributed by atoms with Gasteiger partial charge in [-0.05, 0) is 37.7 Å². The SMILES string of the molecule is O=C(NCC1CC1)c1cnc(Cl)cc1NC1CC1. The van der Waals surface area contributed by atoms with Gasteiger partial charge in [-0.1, -0.05) is 11.6 Å². The fraction of sp³-hybridized carbons (Fsp3) is 0.538. The third kappa shape index (κ3) is 2.93. The average molecular weight is 266 g/mol. The molecule has 0 saturated heterocycles. The smallest absolute Gasteiger partial charge is 0.254 e. The van der Waals surface area contributed by atoms with Gasteiger partial charge in [-0.3, -0.25) is 4.79 Å². The van der Waals surface area contributed by atoms with E-state index >= 15 is 0 Å². The molecule has 2 saturated carbocycles. The van der Waals surface area contributed by atoms with Gasteiger partial charge in [0.25, 0.3) is 5.91 Å². The molecule has 2 aliphatic carbocycles. The van der Waals surface area contributed by atoms with Gasteiger partial charge in [0, 0.05) is 18.8 Å². The molecule has 1 amide bonds. The van der Waals surface area contributed by atoms with Gasteiger partial charge in [0.2, 0.25) is 0 Å². The Morgan fingerprint density at radius 2 is 2.17 bits per heavy atom. The number of amides is 1. The number of aromatic nitrogens is 1. The summed E-state index contributed by atoms with van der Waals surface area (Å²) in [4.78, 5) is 16.1. The molecule has 1 aromatic heterocycles. The minimum absolute atomic E-state index is 0.0609. The maximum absolute atomic E-state index is 12.1. The lowest BCUT2D eigenvalue weighted by atomic mass is 10.2. The van der Waals surface area contributed by atoms with Crippen LogP contribution in [0.15, 0.2) is 12.3 Å². The van der Waals surface area contributed by atoms with Crippen LogP contribution in [0.1, 0.15) is 36.0 Å². The third-order valence-corrected chi connectivity index (χ3v) is 3.51. The van der Waals surface area contributed by atoms with E-state index in [0.29, 0.717) is 22.7 Å². The van der Waals surface area contributed by atoms with E-state index in [4.69, 9.17) is 11.6 Å². The van der Waals surface area contributed by atoms with Gasteiger partial charge >= 0.3 is 0 Å². The highest BCUT2D eigenvalue weighted by Crippen LogP contribution is 2.29. The van der Waals surface area contributed by atoms with Crippen molar-refractivity contribution in [3.05, 3.63) is 23.0 Å². The van der Waals surface area contributed by atoms with Crippen molar-refractivity contribution in [2.75, 3.05) is 11.9 Å². The van der Waals surface area contributed by atoms with Gasteiger partial charge in [0.1, 0.15) is 5.15 Å². The summed E-state index contributed by atoms with van der Waals surface area (Å²) in [6.45, 7) is 0.768. The monoisotopic (exact) mass is 265 g/mol. The van der Waals surface area contributed by atoms with Crippen LogP contribution in [0.3, 0.4) is 0 Å². The molecule has 2 N–H and O–H groups in total. The van der Waals surface area contributed by atoms with Crippen LogP contribution in [0.25, 0.3) is 0 Å². The van der Waals surface area contributed by atoms with Gasteiger partial charge in [-0.25, -0.2) is 4.98 Å². The minimum atomic E-state index is -0.0609. The summed E-state index contributed by atoms with van der Waals surface area (Å²) >= 11 is 5.88. The molecule has 1 heterocycles. The molecule has 0 aromatic carbocycles. The second kappa shape index (κ2) is 4.76. The van der Waals surface area contributed by atoms with Crippen molar-refractivity contribution in [3.63, 3.8) is 0 Å². The van der Waals surface area contributed by atoms with Crippen molar-refractivity contribution in [3.8, 4) is 0 Å². The van der Waals surface area contributed by atoms with Crippen LogP contribution in [0.4, 0.5) is 5.69 Å². The number of hydrogen-bond acceptors (Lipinski definition) is 3. The molecule has 2 fully saturated rings. The number of rotatable bonds is 5. The normalized spacial score (nSPS) is 18.5. The summed E-state index contributed by atoms with van der Waals surface area (Å²) in [5.41, 5.74) is 1.39. The fourth-order valence-electron chi connectivity index (χ4n) is 1.83. The lowest BCUT2D eigenvalue weighted by Gasteiger charge is -2.11. The molecule has 1 aromatic rings. The van der Waals surface area contributed by atoms with Crippen molar-refractivity contribution >= 4 is 23.2 Å². The van der Waals surface area contributed by atoms with Gasteiger partial charge < -0.3 is 10.6 Å². The number of nitrogens with one attached hydrogen (secondary N) is 2. The standard InChI is InChI=1S/C13H16ClN3O/c14-12-5-11(17-9-3-4-9)10(7-15-12)13(18)16-6-8-1-2-8/h5,7-9H,1-4,6H2,(H,15,17)(H,16,18). The molecule has 96 valence electrons. The van der Waals surface area contributed by atoms with E-state index in [-0.39, 0.29) is 5.91 Å². The van der Waals surface area contributed by atoms with Gasteiger partial charge in [-0.15, -0.1) is 0 Å². The van der Waals surface area contributed by atoms with Gasteiger partial charge in [0.05, 0.1) is 11.3 Å². The highest BCUT2D eigenvalue weighted by Gasteiger charge is 2.25. The number of hydrogen-bond donors (Lipinski definition) is 2. The first kappa shape index (κ1) is 11.8. The van der Waals surface area contributed by atoms with E-state index in [9.17, 15) is 4.79 Å². The molecular formula is C13H16ClN3O. The maximum Gasteiger partial charge on any atom is 0.254 e. The van der Waals surface area contributed by atoms with E-state index in [1.807, 2.05) is 0 Å². The summed E-state index contributed by atoms with van der Waals surface area (Å²) in [6.07, 6.45) is 6.32. The predicted octanol–water partition coefficient (Wildman–Crippen LogP) is 2.45. The largest absolute Gasteiger partial charge is 0.382 e. The lowest BCUT2D eigenvalue weighted by molar-refractivity contribution is 0.0952. The fourth-order valence-corrected chi connectivity index (χ4v) is 1.99. The molecule has 5 heteroatoms. The molecule has 18 heavy (non-hydrogen) atoms. The Labute approximate surface area is 111 Å². The second-order valence-electron chi connectivity index (χ2n) is 5.12. The van der Waals surface area contributed by atoms with E-state index in [1.54, 1.807) is 12.3 Å². The number of anilines is 1. The van der Waals surface area contributed by atoms with E-state index in [1.165, 1.54) is 12.8 Å². The molecule has 0 radical (unpaired) electrons. The molecule has 0 unspecified atom stereocenters. The molecule has 0 spiro atoms. The van der Waals surface area contributed by atoms with Crippen LogP contribution < -0.4 is 10.6 Å². The molecule has 4 nitrogen and oxygen atoms in total. The first-order valence-electron chi connectivity index (χ1n) is 6.42. The van der Waals surface area contributed by atoms with Crippen LogP contribution in [0, 0.1) is 5.92 Å². The molecular weight excluding hydrogens is 250 g/mol. The zero-order chi connectivity index (χ0) is 12.5. The van der Waals surface area contributed by atoms with Crippen LogP contribution in [-0.2, 0) is 0 Å². The molecule has 3 rings (SSSR count). The number of halogens is 1. The Kier molecular flexibility index (Phi) is 3.12. The van der Waals surface area contributed by atoms with Crippen LogP contribution in [0.2, 0.25) is 5.15 Å². The first-order chi connectivity index (χ1) is 8.72. The lowest BCUT2D eigenvalue weighted by Crippen LogP contribution is -2.26. The van der Waals surface area contributed by atoms with E-state index in [2.05, 4.69) is 15.6 Å². The summed E-state index contributed by atoms with van der Waals surface area (Å²) < 4.78 is 0. The minimum Gasteiger partial charge on any atom is -0.382 e. The molecule has 0 aliphatic heterocycles. The number of carbonyl (C=O) groups excluding carboxylic acids is 1. The van der Waals surface area contributed by atoms with Crippen LogP contribution in [0.5, 0.6) is 0 Å². The Morgan fingerprint density at radius 1 is 1.39 bits per heavy atom. The van der Waals surface area contributed by atoms with Crippen molar-refractivity contribution in [2.45, 2.75) is 31.7 Å². The zero-order valence-electron chi connectivity index (χ0n) is 10.1. The van der Waals surface area contributed by atoms with Gasteiger partial charge in [-0.2, -0.15) is 0 Å². The van der Waals surface area contributed by atoms with Crippen molar-refractivity contribution in [1.82, 2.24) is 10.3 Å². The maximum atomic E-state index is 12.1. The Balaban J connectivity index is 1.72. The molecule has 2 aliphatic rings. The number of nitrogens with zero attached hydrogens (tertiary/aromatic N) is 1. The highest BCUT2D eigenvalue weighted by atomic mass is 35.5. The summed E-state index contributed by atoms with van der Waals surface area (Å²) in [5.74, 6) is 0.614. The van der Waals surface area contributed by atoms with E-state index < -0.39 is 0 Å². The quantitative estimate of drug-likeness (QED) is 0.804. The topological polar surface area (TPSA) is 54.0 Å². The van der Waals surface area contributed by atoms with E-state index in [0.717, 1.165) is 25.1 Å². The van der Waals surface area contributed by atoms with Crippen molar-refractivity contribution in [1.29, 1.82) is 0 Å². The third-order valence-electron chi connectivity index (χ3n) is 3.30. The Morgan fingerprint density at radius 3 is 2.83 bits per heavy atom. The summed E-state index contributed by atoms with van der Waals surface area (Å²) in [5, 5.41) is 6.69. The average Bonchev–Trinajstić information content (AvgIpc) is 3.21. The number of pyridine rings is 1. The Bertz CT molecular complexity index is 469. The molecule has 0 atom stereocenters. The van der Waals surface area contributed by atoms with Crippen LogP contribution in [-0.4, -0.2) is 23.5 Å². The van der Waals surface area contributed by atoms with Crippen molar-refractivity contribution in [2.24, 2.45) is 5.92 Å². The highest BCUT2D eigenvalue weighted by molar-refractivity contribution is 6.29. The van der Waals surface area contributed by atoms with Gasteiger partial charge in [0.15, 0.2) is 0 Å². The van der Waals surface area contributed by atoms with Crippen LogP contribution >= 0.6 is 11.6 Å². The predicted molar refractivity (Wildman–Crippen MR) is 70.9 cm³/mol.